The molecule has 6 heteroatoms. The first-order chi connectivity index (χ1) is 12.4. The first-order valence-corrected chi connectivity index (χ1v) is 8.05. The Balaban J connectivity index is 1.91. The van der Waals surface area contributed by atoms with Gasteiger partial charge in [-0.2, -0.15) is 0 Å². The molecule has 0 saturated carbocycles. The van der Waals surface area contributed by atoms with Gasteiger partial charge in [-0.1, -0.05) is 24.3 Å². The van der Waals surface area contributed by atoms with Gasteiger partial charge in [0, 0.05) is 34.1 Å². The topological polar surface area (TPSA) is 74.8 Å². The summed E-state index contributed by atoms with van der Waals surface area (Å²) < 4.78 is 0. The Morgan fingerprint density at radius 2 is 1.00 bits per heavy atom. The van der Waals surface area contributed by atoms with Crippen molar-refractivity contribution in [2.24, 2.45) is 0 Å². The van der Waals surface area contributed by atoms with Crippen LogP contribution in [0.2, 0.25) is 0 Å². The molecule has 2 aliphatic heterocycles. The van der Waals surface area contributed by atoms with Gasteiger partial charge in [0.15, 0.2) is 0 Å². The fraction of sp³-hybridized carbons (Fsp3) is 0.100. The molecule has 0 saturated heterocycles. The number of carbonyl (C=O) groups is 4. The van der Waals surface area contributed by atoms with E-state index in [-0.39, 0.29) is 11.8 Å². The average Bonchev–Trinajstić information content (AvgIpc) is 3.01. The summed E-state index contributed by atoms with van der Waals surface area (Å²) in [4.78, 5) is 51.4. The molecule has 2 aromatic rings. The lowest BCUT2D eigenvalue weighted by Gasteiger charge is -2.21. The summed E-state index contributed by atoms with van der Waals surface area (Å²) in [7, 11) is 0. The van der Waals surface area contributed by atoms with Gasteiger partial charge in [0.1, 0.15) is 0 Å². The van der Waals surface area contributed by atoms with E-state index in [2.05, 4.69) is 0 Å². The molecular formula is C20H14N2O4. The Kier molecular flexibility index (Phi) is 3.37. The molecule has 0 unspecified atom stereocenters. The zero-order chi connectivity index (χ0) is 18.6. The van der Waals surface area contributed by atoms with Crippen molar-refractivity contribution < 1.29 is 19.2 Å². The second-order valence-electron chi connectivity index (χ2n) is 6.26. The fourth-order valence-corrected chi connectivity index (χ4v) is 3.30. The quantitative estimate of drug-likeness (QED) is 0.783. The van der Waals surface area contributed by atoms with E-state index >= 15 is 0 Å². The molecule has 0 fully saturated rings. The number of fused-ring (bicyclic) bond motifs is 1. The van der Waals surface area contributed by atoms with Gasteiger partial charge in [0.25, 0.3) is 23.6 Å². The number of benzene rings is 2. The highest BCUT2D eigenvalue weighted by molar-refractivity contribution is 6.34. The van der Waals surface area contributed by atoms with E-state index in [0.29, 0.717) is 33.3 Å². The Morgan fingerprint density at radius 3 is 1.31 bits per heavy atom. The smallest absolute Gasteiger partial charge is 0.261 e. The molecule has 0 radical (unpaired) electrons. The van der Waals surface area contributed by atoms with Crippen molar-refractivity contribution in [3.05, 3.63) is 59.7 Å². The lowest BCUT2D eigenvalue weighted by Crippen LogP contribution is -2.31. The molecule has 2 aromatic carbocycles. The molecule has 4 rings (SSSR count). The van der Waals surface area contributed by atoms with Crippen molar-refractivity contribution in [3.63, 3.8) is 0 Å². The van der Waals surface area contributed by atoms with Gasteiger partial charge in [-0.15, -0.1) is 0 Å². The lowest BCUT2D eigenvalue weighted by atomic mass is 10.0. The summed E-state index contributed by atoms with van der Waals surface area (Å²) in [5, 5.41) is 1.22. The number of nitrogens with zero attached hydrogens (tertiary/aromatic N) is 2. The van der Waals surface area contributed by atoms with E-state index in [1.165, 1.54) is 12.2 Å². The number of amides is 4. The number of hydrogen-bond donors (Lipinski definition) is 0. The van der Waals surface area contributed by atoms with Gasteiger partial charge in [-0.3, -0.25) is 19.2 Å². The van der Waals surface area contributed by atoms with Crippen LogP contribution in [0, 0.1) is 0 Å². The second kappa shape index (κ2) is 5.49. The van der Waals surface area contributed by atoms with Crippen LogP contribution in [-0.2, 0) is 19.2 Å². The molecule has 0 aliphatic carbocycles. The Morgan fingerprint density at radius 1 is 0.615 bits per heavy atom. The van der Waals surface area contributed by atoms with Crippen LogP contribution in [-0.4, -0.2) is 23.6 Å². The van der Waals surface area contributed by atoms with Gasteiger partial charge < -0.3 is 0 Å². The third-order valence-electron chi connectivity index (χ3n) is 4.56. The molecule has 2 aliphatic rings. The Hall–Kier alpha value is -3.54. The van der Waals surface area contributed by atoms with Crippen molar-refractivity contribution in [1.29, 1.82) is 0 Å². The highest BCUT2D eigenvalue weighted by Gasteiger charge is 2.33. The summed E-state index contributed by atoms with van der Waals surface area (Å²) in [6, 6.07) is 10.2. The summed E-state index contributed by atoms with van der Waals surface area (Å²) >= 11 is 0. The molecule has 0 N–H and O–H groups in total. The van der Waals surface area contributed by atoms with Crippen LogP contribution in [0.4, 0.5) is 11.4 Å². The zero-order valence-electron chi connectivity index (χ0n) is 14.1. The zero-order valence-corrected chi connectivity index (χ0v) is 14.1. The molecule has 0 bridgehead atoms. The van der Waals surface area contributed by atoms with Crippen LogP contribution in [0.1, 0.15) is 13.8 Å². The predicted octanol–water partition coefficient (Wildman–Crippen LogP) is 2.48. The average molecular weight is 346 g/mol. The van der Waals surface area contributed by atoms with Gasteiger partial charge in [-0.25, -0.2) is 9.80 Å². The van der Waals surface area contributed by atoms with Crippen molar-refractivity contribution in [2.45, 2.75) is 13.8 Å². The maximum Gasteiger partial charge on any atom is 0.261 e. The molecule has 0 aromatic heterocycles. The van der Waals surface area contributed by atoms with Crippen molar-refractivity contribution >= 4 is 45.8 Å². The predicted molar refractivity (Wildman–Crippen MR) is 96.4 cm³/mol. The molecule has 128 valence electrons. The molecule has 2 heterocycles. The molecule has 4 amide bonds. The molecular weight excluding hydrogens is 332 g/mol. The fourth-order valence-electron chi connectivity index (χ4n) is 3.30. The van der Waals surface area contributed by atoms with Crippen LogP contribution in [0.5, 0.6) is 0 Å². The van der Waals surface area contributed by atoms with Gasteiger partial charge in [0.05, 0.1) is 11.4 Å². The van der Waals surface area contributed by atoms with Gasteiger partial charge in [-0.05, 0) is 26.0 Å². The van der Waals surface area contributed by atoms with Gasteiger partial charge in [0.2, 0.25) is 0 Å². The first-order valence-electron chi connectivity index (χ1n) is 8.05. The number of anilines is 2. The van der Waals surface area contributed by atoms with Crippen LogP contribution < -0.4 is 9.80 Å². The summed E-state index contributed by atoms with van der Waals surface area (Å²) in [5.74, 6) is -1.56. The summed E-state index contributed by atoms with van der Waals surface area (Å²) in [6.45, 7) is 3.18. The number of hydrogen-bond acceptors (Lipinski definition) is 4. The molecule has 26 heavy (non-hydrogen) atoms. The van der Waals surface area contributed by atoms with Crippen molar-refractivity contribution in [3.8, 4) is 0 Å². The van der Waals surface area contributed by atoms with Crippen LogP contribution in [0.3, 0.4) is 0 Å². The minimum Gasteiger partial charge on any atom is -0.269 e. The van der Waals surface area contributed by atoms with E-state index in [1.54, 1.807) is 50.2 Å². The standard InChI is InChI=1S/C20H14N2O4/c1-11-9-17(23)21(19(11)25)15-7-3-6-14-13(15)5-4-8-16(14)22-18(24)10-12(2)20(22)26/h3-10H,1-2H3. The second-order valence-corrected chi connectivity index (χ2v) is 6.26. The maximum absolute atomic E-state index is 12.4. The maximum atomic E-state index is 12.4. The molecule has 0 spiro atoms. The number of imide groups is 2. The highest BCUT2D eigenvalue weighted by atomic mass is 16.2. The van der Waals surface area contributed by atoms with Crippen LogP contribution >= 0.6 is 0 Å². The first kappa shape index (κ1) is 16.0. The van der Waals surface area contributed by atoms with Gasteiger partial charge >= 0.3 is 0 Å². The number of rotatable bonds is 2. The number of carbonyl (C=O) groups excluding carboxylic acids is 4. The van der Waals surface area contributed by atoms with E-state index in [9.17, 15) is 19.2 Å². The Bertz CT molecular complexity index is 1010. The largest absolute Gasteiger partial charge is 0.269 e. The summed E-state index contributed by atoms with van der Waals surface area (Å²) in [6.07, 6.45) is 2.59. The highest BCUT2D eigenvalue weighted by Crippen LogP contribution is 2.36. The normalized spacial score (nSPS) is 17.5. The molecule has 6 nitrogen and oxygen atoms in total. The van der Waals surface area contributed by atoms with Crippen molar-refractivity contribution in [1.82, 2.24) is 0 Å². The minimum atomic E-state index is -0.406. The third kappa shape index (κ3) is 2.12. The summed E-state index contributed by atoms with van der Waals surface area (Å²) in [5.41, 5.74) is 1.59. The SMILES string of the molecule is CC1=CC(=O)N(c2cccc3c(N4C(=O)C=C(C)C4=O)cccc23)C1=O. The Labute approximate surface area is 149 Å². The lowest BCUT2D eigenvalue weighted by molar-refractivity contribution is -0.121. The van der Waals surface area contributed by atoms with E-state index in [4.69, 9.17) is 0 Å². The van der Waals surface area contributed by atoms with Crippen LogP contribution in [0.15, 0.2) is 59.7 Å². The monoisotopic (exact) mass is 346 g/mol. The van der Waals surface area contributed by atoms with Crippen molar-refractivity contribution in [2.75, 3.05) is 9.80 Å². The van der Waals surface area contributed by atoms with Crippen LogP contribution in [0.25, 0.3) is 10.8 Å². The van der Waals surface area contributed by atoms with E-state index in [1.807, 2.05) is 0 Å². The molecule has 0 atom stereocenters. The van der Waals surface area contributed by atoms with E-state index in [0.717, 1.165) is 9.80 Å². The minimum absolute atomic E-state index is 0.368. The van der Waals surface area contributed by atoms with E-state index < -0.39 is 11.8 Å². The third-order valence-corrected chi connectivity index (χ3v) is 4.56.